The van der Waals surface area contributed by atoms with E-state index < -0.39 is 62.0 Å². The number of aldehydes is 1. The minimum Gasteiger partial charge on any atom is -0.394 e. The van der Waals surface area contributed by atoms with Gasteiger partial charge in [-0.05, 0) is 6.92 Å². The van der Waals surface area contributed by atoms with E-state index >= 15 is 0 Å². The van der Waals surface area contributed by atoms with E-state index in [2.05, 4.69) is 0 Å². The Bertz CT molecular complexity index is 287. The van der Waals surface area contributed by atoms with Crippen LogP contribution in [0.5, 0.6) is 0 Å². The number of aliphatic hydroxyl groups is 10. The molecule has 0 aromatic heterocycles. The zero-order valence-corrected chi connectivity index (χ0v) is 12.5. The molecule has 8 atom stereocenters. The van der Waals surface area contributed by atoms with Gasteiger partial charge in [0.25, 0.3) is 0 Å². The van der Waals surface area contributed by atoms with E-state index in [1.54, 1.807) is 0 Å². The van der Waals surface area contributed by atoms with Gasteiger partial charge in [-0.3, -0.25) is 0 Å². The summed E-state index contributed by atoms with van der Waals surface area (Å²) in [6, 6.07) is 0. The van der Waals surface area contributed by atoms with Crippen LogP contribution < -0.4 is 0 Å². The number of carbonyl (C=O) groups excluding carboxylic acids is 1. The van der Waals surface area contributed by atoms with E-state index in [1.165, 1.54) is 6.92 Å². The SMILES string of the molecule is C[C@H](O)[C@H](O)[C@@H](O)[C@@H](O)C=O.OC[C@@H](O)[C@@H](O)[C@H](O)[C@@H](O)CO. The summed E-state index contributed by atoms with van der Waals surface area (Å²) in [6.07, 6.45) is -12.3. The van der Waals surface area contributed by atoms with Crippen LogP contribution in [0, 0.1) is 0 Å². The van der Waals surface area contributed by atoms with Crippen LogP contribution in [-0.2, 0) is 4.79 Å². The van der Waals surface area contributed by atoms with Crippen molar-refractivity contribution in [3.8, 4) is 0 Å². The van der Waals surface area contributed by atoms with Gasteiger partial charge in [-0.1, -0.05) is 0 Å². The van der Waals surface area contributed by atoms with E-state index in [9.17, 15) is 4.79 Å². The maximum Gasteiger partial charge on any atom is 0.151 e. The zero-order valence-electron chi connectivity index (χ0n) is 12.5. The van der Waals surface area contributed by atoms with Gasteiger partial charge in [0, 0.05) is 0 Å². The summed E-state index contributed by atoms with van der Waals surface area (Å²) in [5.41, 5.74) is 0. The number of carbonyl (C=O) groups is 1. The quantitative estimate of drug-likeness (QED) is 0.177. The van der Waals surface area contributed by atoms with E-state index in [0.717, 1.165) is 0 Å². The molecular formula is C12H26O11. The summed E-state index contributed by atoms with van der Waals surface area (Å²) in [5, 5.41) is 87.3. The van der Waals surface area contributed by atoms with Crippen LogP contribution in [0.3, 0.4) is 0 Å². The van der Waals surface area contributed by atoms with Crippen molar-refractivity contribution >= 4 is 6.29 Å². The Balaban J connectivity index is 0. The second kappa shape index (κ2) is 12.7. The molecule has 0 saturated carbocycles. The van der Waals surface area contributed by atoms with Crippen LogP contribution in [0.1, 0.15) is 6.92 Å². The van der Waals surface area contributed by atoms with Gasteiger partial charge in [-0.2, -0.15) is 0 Å². The van der Waals surface area contributed by atoms with Crippen molar-refractivity contribution in [2.45, 2.75) is 55.8 Å². The van der Waals surface area contributed by atoms with Gasteiger partial charge < -0.3 is 55.9 Å². The summed E-state index contributed by atoms with van der Waals surface area (Å²) < 4.78 is 0. The second-order valence-electron chi connectivity index (χ2n) is 4.83. The maximum atomic E-state index is 9.87. The molecule has 0 bridgehead atoms. The third-order valence-electron chi connectivity index (χ3n) is 2.85. The number of aliphatic hydroxyl groups excluding tert-OH is 10. The standard InChI is InChI=1S/C6H14O6.C6H12O5/c7-1-3(9)5(11)6(12)4(10)2-8;1-3(8)5(10)6(11)4(9)2-7/h3-12H,1-2H2;2-6,8-11H,1H3/t3-,4+,5-,6-;3-,4-,5-,6-/m10/s1. The number of hydrogen-bond acceptors (Lipinski definition) is 11. The Morgan fingerprint density at radius 3 is 1.26 bits per heavy atom. The molecule has 0 fully saturated rings. The van der Waals surface area contributed by atoms with Crippen molar-refractivity contribution in [2.24, 2.45) is 0 Å². The highest BCUT2D eigenvalue weighted by Crippen LogP contribution is 2.04. The number of hydrogen-bond donors (Lipinski definition) is 10. The molecule has 140 valence electrons. The molecule has 0 saturated heterocycles. The maximum absolute atomic E-state index is 9.87. The highest BCUT2D eigenvalue weighted by Gasteiger charge is 2.29. The van der Waals surface area contributed by atoms with E-state index in [0.29, 0.717) is 0 Å². The third kappa shape index (κ3) is 9.22. The lowest BCUT2D eigenvalue weighted by Gasteiger charge is -2.24. The fourth-order valence-corrected chi connectivity index (χ4v) is 1.24. The lowest BCUT2D eigenvalue weighted by Crippen LogP contribution is -2.46. The van der Waals surface area contributed by atoms with Crippen molar-refractivity contribution in [3.05, 3.63) is 0 Å². The number of rotatable bonds is 9. The van der Waals surface area contributed by atoms with E-state index in [4.69, 9.17) is 51.1 Å². The molecule has 10 N–H and O–H groups in total. The van der Waals surface area contributed by atoms with Crippen LogP contribution >= 0.6 is 0 Å². The van der Waals surface area contributed by atoms with Crippen molar-refractivity contribution in [3.63, 3.8) is 0 Å². The zero-order chi connectivity index (χ0) is 18.7. The van der Waals surface area contributed by atoms with E-state index in [-0.39, 0.29) is 6.29 Å². The molecular weight excluding hydrogens is 320 g/mol. The van der Waals surface area contributed by atoms with Crippen LogP contribution in [0.4, 0.5) is 0 Å². The highest BCUT2D eigenvalue weighted by atomic mass is 16.4. The first-order chi connectivity index (χ1) is 10.5. The first kappa shape index (κ1) is 24.5. The molecule has 0 aliphatic heterocycles. The fraction of sp³-hybridized carbons (Fsp3) is 0.917. The molecule has 11 heteroatoms. The predicted octanol–water partition coefficient (Wildman–Crippen LogP) is -5.94. The molecule has 0 amide bonds. The molecule has 0 unspecified atom stereocenters. The summed E-state index contributed by atoms with van der Waals surface area (Å²) in [4.78, 5) is 9.87. The minimum atomic E-state index is -1.67. The monoisotopic (exact) mass is 346 g/mol. The highest BCUT2D eigenvalue weighted by molar-refractivity contribution is 5.56. The molecule has 0 aliphatic carbocycles. The van der Waals surface area contributed by atoms with E-state index in [1.807, 2.05) is 0 Å². The minimum absolute atomic E-state index is 0.0935. The lowest BCUT2D eigenvalue weighted by molar-refractivity contribution is -0.132. The molecule has 0 aromatic carbocycles. The molecule has 0 spiro atoms. The Morgan fingerprint density at radius 1 is 0.696 bits per heavy atom. The van der Waals surface area contributed by atoms with Crippen molar-refractivity contribution < 1.29 is 55.9 Å². The normalized spacial score (nSPS) is 21.7. The Kier molecular flexibility index (Phi) is 13.5. The first-order valence-electron chi connectivity index (χ1n) is 6.66. The van der Waals surface area contributed by atoms with Crippen molar-refractivity contribution in [1.29, 1.82) is 0 Å². The van der Waals surface area contributed by atoms with Crippen molar-refractivity contribution in [2.75, 3.05) is 13.2 Å². The summed E-state index contributed by atoms with van der Waals surface area (Å²) in [7, 11) is 0. The summed E-state index contributed by atoms with van der Waals surface area (Å²) in [6.45, 7) is -0.210. The topological polar surface area (TPSA) is 219 Å². The fourth-order valence-electron chi connectivity index (χ4n) is 1.24. The largest absolute Gasteiger partial charge is 0.394 e. The Morgan fingerprint density at radius 2 is 1.04 bits per heavy atom. The van der Waals surface area contributed by atoms with Crippen LogP contribution in [0.2, 0.25) is 0 Å². The average molecular weight is 346 g/mol. The van der Waals surface area contributed by atoms with Gasteiger partial charge in [0.2, 0.25) is 0 Å². The molecule has 0 radical (unpaired) electrons. The van der Waals surface area contributed by atoms with Crippen molar-refractivity contribution in [1.82, 2.24) is 0 Å². The second-order valence-corrected chi connectivity index (χ2v) is 4.83. The van der Waals surface area contributed by atoms with Gasteiger partial charge in [0.1, 0.15) is 42.7 Å². The third-order valence-corrected chi connectivity index (χ3v) is 2.85. The summed E-state index contributed by atoms with van der Waals surface area (Å²) >= 11 is 0. The van der Waals surface area contributed by atoms with Gasteiger partial charge in [0.05, 0.1) is 19.3 Å². The molecule has 0 heterocycles. The summed E-state index contributed by atoms with van der Waals surface area (Å²) in [5.74, 6) is 0. The Labute approximate surface area is 132 Å². The van der Waals surface area contributed by atoms with Gasteiger partial charge in [0.15, 0.2) is 6.29 Å². The molecule has 23 heavy (non-hydrogen) atoms. The molecule has 0 aliphatic rings. The van der Waals surface area contributed by atoms with Gasteiger partial charge in [-0.25, -0.2) is 0 Å². The molecule has 0 rings (SSSR count). The van der Waals surface area contributed by atoms with Crippen LogP contribution in [0.25, 0.3) is 0 Å². The van der Waals surface area contributed by atoms with Crippen LogP contribution in [-0.4, -0.2) is 119 Å². The predicted molar refractivity (Wildman–Crippen MR) is 74.0 cm³/mol. The molecule has 11 nitrogen and oxygen atoms in total. The van der Waals surface area contributed by atoms with Crippen LogP contribution in [0.15, 0.2) is 0 Å². The smallest absolute Gasteiger partial charge is 0.151 e. The molecule has 0 aromatic rings. The van der Waals surface area contributed by atoms with Gasteiger partial charge in [-0.15, -0.1) is 0 Å². The lowest BCUT2D eigenvalue weighted by atomic mass is 10.0. The van der Waals surface area contributed by atoms with Gasteiger partial charge >= 0.3 is 0 Å². The Hall–Kier alpha value is -0.730. The first-order valence-corrected chi connectivity index (χ1v) is 6.66. The average Bonchev–Trinajstić information content (AvgIpc) is 2.56.